The van der Waals surface area contributed by atoms with Gasteiger partial charge in [0.2, 0.25) is 0 Å². The smallest absolute Gasteiger partial charge is 0.408 e. The summed E-state index contributed by atoms with van der Waals surface area (Å²) < 4.78 is 21.0. The van der Waals surface area contributed by atoms with Crippen molar-refractivity contribution >= 4 is 16.7 Å². The molecule has 0 radical (unpaired) electrons. The maximum Gasteiger partial charge on any atom is 0.417 e. The number of aromatic nitrogens is 3. The highest BCUT2D eigenvalue weighted by Crippen LogP contribution is 2.28. The van der Waals surface area contributed by atoms with Crippen LogP contribution in [0.15, 0.2) is 45.7 Å². The molecule has 0 bridgehead atoms. The van der Waals surface area contributed by atoms with Crippen molar-refractivity contribution in [3.63, 3.8) is 0 Å². The van der Waals surface area contributed by atoms with Crippen LogP contribution in [0.25, 0.3) is 28.0 Å². The maximum atomic E-state index is 14.0. The summed E-state index contributed by atoms with van der Waals surface area (Å²) in [5, 5.41) is 3.40. The number of aromatic amines is 1. The van der Waals surface area contributed by atoms with Gasteiger partial charge in [-0.1, -0.05) is 6.07 Å². The number of imidazole rings is 1. The van der Waals surface area contributed by atoms with E-state index in [0.29, 0.717) is 23.3 Å². The Hall–Kier alpha value is -2.97. The Morgan fingerprint density at radius 2 is 2.11 bits per heavy atom. The molecule has 0 saturated carbocycles. The average Bonchev–Trinajstić information content (AvgIpc) is 3.10. The van der Waals surface area contributed by atoms with E-state index in [-0.39, 0.29) is 5.82 Å². The Kier molecular flexibility index (Phi) is 4.22. The minimum absolute atomic E-state index is 0.303. The molecule has 3 aromatic heterocycles. The number of nitrogens with one attached hydrogen (secondary N) is 2. The molecule has 0 unspecified atom stereocenters. The summed E-state index contributed by atoms with van der Waals surface area (Å²) in [6.45, 7) is 4.50. The SMILES string of the molecule is O=c1[nH]c2ccc(-c3nc4ccc(F)cn4c3CN3CCCNCC3)cc2o1. The van der Waals surface area contributed by atoms with Crippen LogP contribution < -0.4 is 11.1 Å². The van der Waals surface area contributed by atoms with Crippen LogP contribution in [-0.4, -0.2) is 45.4 Å². The molecule has 0 spiro atoms. The normalized spacial score (nSPS) is 16.0. The molecule has 1 fully saturated rings. The number of fused-ring (bicyclic) bond motifs is 2. The topological polar surface area (TPSA) is 78.6 Å². The monoisotopic (exact) mass is 381 g/mol. The van der Waals surface area contributed by atoms with Crippen LogP contribution in [-0.2, 0) is 6.54 Å². The van der Waals surface area contributed by atoms with E-state index in [4.69, 9.17) is 9.40 Å². The predicted octanol–water partition coefficient (Wildman–Crippen LogP) is 2.37. The van der Waals surface area contributed by atoms with Crippen LogP contribution in [0.5, 0.6) is 0 Å². The van der Waals surface area contributed by atoms with Crippen molar-refractivity contribution in [3.8, 4) is 11.3 Å². The van der Waals surface area contributed by atoms with E-state index >= 15 is 0 Å². The standard InChI is InChI=1S/C20H20FN5O2/c21-14-3-5-18-24-19(13-2-4-15-17(10-13)28-20(27)23-15)16(26(18)11-14)12-25-8-1-6-22-7-9-25/h2-5,10-11,22H,1,6-9,12H2,(H,23,27). The van der Waals surface area contributed by atoms with Crippen LogP contribution in [0, 0.1) is 5.82 Å². The lowest BCUT2D eigenvalue weighted by Gasteiger charge is -2.20. The van der Waals surface area contributed by atoms with E-state index in [2.05, 4.69) is 15.2 Å². The van der Waals surface area contributed by atoms with E-state index in [0.717, 1.165) is 49.6 Å². The first-order valence-electron chi connectivity index (χ1n) is 9.40. The fraction of sp³-hybridized carbons (Fsp3) is 0.300. The summed E-state index contributed by atoms with van der Waals surface area (Å²) in [6.07, 6.45) is 2.55. The largest absolute Gasteiger partial charge is 0.417 e. The van der Waals surface area contributed by atoms with E-state index < -0.39 is 5.76 Å². The highest BCUT2D eigenvalue weighted by atomic mass is 19.1. The molecule has 4 heterocycles. The molecule has 144 valence electrons. The van der Waals surface area contributed by atoms with Gasteiger partial charge in [-0.15, -0.1) is 0 Å². The molecule has 5 rings (SSSR count). The van der Waals surface area contributed by atoms with Gasteiger partial charge in [-0.25, -0.2) is 14.2 Å². The Balaban J connectivity index is 1.64. The quantitative estimate of drug-likeness (QED) is 0.570. The second-order valence-electron chi connectivity index (χ2n) is 7.09. The Labute approximate surface area is 159 Å². The highest BCUT2D eigenvalue weighted by molar-refractivity contribution is 5.80. The van der Waals surface area contributed by atoms with E-state index in [1.54, 1.807) is 18.2 Å². The summed E-state index contributed by atoms with van der Waals surface area (Å²) in [6, 6.07) is 8.61. The van der Waals surface area contributed by atoms with E-state index in [1.807, 2.05) is 10.5 Å². The van der Waals surface area contributed by atoms with Crippen LogP contribution in [0.4, 0.5) is 4.39 Å². The van der Waals surface area contributed by atoms with Crippen molar-refractivity contribution in [1.82, 2.24) is 24.6 Å². The van der Waals surface area contributed by atoms with Gasteiger partial charge in [0, 0.05) is 31.4 Å². The van der Waals surface area contributed by atoms with Gasteiger partial charge in [-0.3, -0.25) is 14.3 Å². The zero-order valence-electron chi connectivity index (χ0n) is 15.2. The molecule has 1 saturated heterocycles. The Morgan fingerprint density at radius 1 is 1.18 bits per heavy atom. The third-order valence-electron chi connectivity index (χ3n) is 5.18. The molecule has 4 aromatic rings. The van der Waals surface area contributed by atoms with Gasteiger partial charge < -0.3 is 9.73 Å². The number of hydrogen-bond donors (Lipinski definition) is 2. The third-order valence-corrected chi connectivity index (χ3v) is 5.18. The van der Waals surface area contributed by atoms with Crippen LogP contribution in [0.1, 0.15) is 12.1 Å². The fourth-order valence-electron chi connectivity index (χ4n) is 3.81. The fourth-order valence-corrected chi connectivity index (χ4v) is 3.81. The molecule has 0 aliphatic carbocycles. The third kappa shape index (κ3) is 3.10. The van der Waals surface area contributed by atoms with Gasteiger partial charge in [0.05, 0.1) is 16.9 Å². The Bertz CT molecular complexity index is 1200. The van der Waals surface area contributed by atoms with Crippen molar-refractivity contribution in [2.75, 3.05) is 26.2 Å². The molecule has 1 aromatic carbocycles. The van der Waals surface area contributed by atoms with E-state index in [1.165, 1.54) is 12.3 Å². The van der Waals surface area contributed by atoms with Crippen LogP contribution in [0.2, 0.25) is 0 Å². The minimum Gasteiger partial charge on any atom is -0.408 e. The molecular weight excluding hydrogens is 361 g/mol. The number of rotatable bonds is 3. The minimum atomic E-state index is -0.485. The van der Waals surface area contributed by atoms with Gasteiger partial charge in [0.25, 0.3) is 0 Å². The first-order chi connectivity index (χ1) is 13.7. The molecule has 1 aliphatic heterocycles. The molecule has 0 atom stereocenters. The van der Waals surface area contributed by atoms with Crippen molar-refractivity contribution in [2.24, 2.45) is 0 Å². The number of H-pyrrole nitrogens is 1. The summed E-state index contributed by atoms with van der Waals surface area (Å²) in [7, 11) is 0. The van der Waals surface area contributed by atoms with Gasteiger partial charge >= 0.3 is 5.76 Å². The zero-order chi connectivity index (χ0) is 19.1. The molecule has 0 amide bonds. The second kappa shape index (κ2) is 6.88. The lowest BCUT2D eigenvalue weighted by Crippen LogP contribution is -2.28. The molecule has 2 N–H and O–H groups in total. The van der Waals surface area contributed by atoms with Gasteiger partial charge in [0.15, 0.2) is 5.58 Å². The summed E-state index contributed by atoms with van der Waals surface area (Å²) in [4.78, 5) is 21.2. The van der Waals surface area contributed by atoms with Gasteiger partial charge in [-0.05, 0) is 43.8 Å². The highest BCUT2D eigenvalue weighted by Gasteiger charge is 2.19. The first kappa shape index (κ1) is 17.2. The first-order valence-corrected chi connectivity index (χ1v) is 9.40. The number of pyridine rings is 1. The van der Waals surface area contributed by atoms with Crippen LogP contribution in [0.3, 0.4) is 0 Å². The number of oxazole rings is 1. The summed E-state index contributed by atoms with van der Waals surface area (Å²) in [5.74, 6) is -0.788. The Morgan fingerprint density at radius 3 is 3.04 bits per heavy atom. The predicted molar refractivity (Wildman–Crippen MR) is 104 cm³/mol. The molecule has 7 nitrogen and oxygen atoms in total. The number of halogens is 1. The number of benzene rings is 1. The summed E-state index contributed by atoms with van der Waals surface area (Å²) in [5.41, 5.74) is 4.35. The molecule has 1 aliphatic rings. The molecule has 8 heteroatoms. The van der Waals surface area contributed by atoms with Crippen LogP contribution >= 0.6 is 0 Å². The van der Waals surface area contributed by atoms with E-state index in [9.17, 15) is 9.18 Å². The van der Waals surface area contributed by atoms with Crippen molar-refractivity contribution in [3.05, 3.63) is 58.6 Å². The van der Waals surface area contributed by atoms with Crippen molar-refractivity contribution in [2.45, 2.75) is 13.0 Å². The van der Waals surface area contributed by atoms with Gasteiger partial charge in [-0.2, -0.15) is 0 Å². The number of hydrogen-bond acceptors (Lipinski definition) is 5. The zero-order valence-corrected chi connectivity index (χ0v) is 15.2. The maximum absolute atomic E-state index is 14.0. The lowest BCUT2D eigenvalue weighted by atomic mass is 10.1. The lowest BCUT2D eigenvalue weighted by molar-refractivity contribution is 0.280. The second-order valence-corrected chi connectivity index (χ2v) is 7.09. The summed E-state index contributed by atoms with van der Waals surface area (Å²) >= 11 is 0. The molecule has 28 heavy (non-hydrogen) atoms. The molecular formula is C20H20FN5O2. The average molecular weight is 381 g/mol. The van der Waals surface area contributed by atoms with Crippen molar-refractivity contribution < 1.29 is 8.81 Å². The van der Waals surface area contributed by atoms with Gasteiger partial charge in [0.1, 0.15) is 11.5 Å². The van der Waals surface area contributed by atoms with Crippen molar-refractivity contribution in [1.29, 1.82) is 0 Å². The number of nitrogens with zero attached hydrogens (tertiary/aromatic N) is 3.